The summed E-state index contributed by atoms with van der Waals surface area (Å²) in [4.78, 5) is 4.23. The number of imidazole rings is 1. The average Bonchev–Trinajstić information content (AvgIpc) is 2.80. The van der Waals surface area contributed by atoms with E-state index < -0.39 is 0 Å². The Kier molecular flexibility index (Phi) is 2.79. The van der Waals surface area contributed by atoms with Gasteiger partial charge < -0.3 is 10.5 Å². The molecular formula is C14H12FN3O. The number of hydrogen-bond donors (Lipinski definition) is 1. The summed E-state index contributed by atoms with van der Waals surface area (Å²) in [6.07, 6.45) is 3.46. The van der Waals surface area contributed by atoms with Crippen molar-refractivity contribution in [3.63, 3.8) is 0 Å². The highest BCUT2D eigenvalue weighted by molar-refractivity contribution is 5.48. The molecule has 0 radical (unpaired) electrons. The molecule has 19 heavy (non-hydrogen) atoms. The van der Waals surface area contributed by atoms with E-state index in [0.717, 1.165) is 11.3 Å². The minimum atomic E-state index is -0.379. The summed E-state index contributed by atoms with van der Waals surface area (Å²) in [5.41, 5.74) is 7.96. The van der Waals surface area contributed by atoms with Gasteiger partial charge in [0.1, 0.15) is 12.3 Å². The van der Waals surface area contributed by atoms with Crippen molar-refractivity contribution in [3.8, 4) is 5.75 Å². The van der Waals surface area contributed by atoms with Gasteiger partial charge in [0.05, 0.1) is 11.9 Å². The Morgan fingerprint density at radius 1 is 1.21 bits per heavy atom. The summed E-state index contributed by atoms with van der Waals surface area (Å²) >= 11 is 0. The highest BCUT2D eigenvalue weighted by atomic mass is 19.1. The number of halogens is 1. The quantitative estimate of drug-likeness (QED) is 0.784. The van der Waals surface area contributed by atoms with E-state index in [0.29, 0.717) is 5.69 Å². The second kappa shape index (κ2) is 4.61. The van der Waals surface area contributed by atoms with Crippen molar-refractivity contribution in [3.05, 3.63) is 60.3 Å². The second-order valence-electron chi connectivity index (χ2n) is 4.16. The lowest BCUT2D eigenvalue weighted by atomic mass is 10.3. The molecule has 0 unspecified atom stereocenters. The number of anilines is 1. The van der Waals surface area contributed by atoms with Crippen molar-refractivity contribution >= 4 is 11.3 Å². The van der Waals surface area contributed by atoms with E-state index in [-0.39, 0.29) is 18.2 Å². The number of pyridine rings is 1. The number of aromatic nitrogens is 2. The molecule has 2 heterocycles. The van der Waals surface area contributed by atoms with Gasteiger partial charge in [0.2, 0.25) is 0 Å². The number of nitrogens with two attached hydrogens (primary N) is 1. The normalized spacial score (nSPS) is 10.8. The first kappa shape index (κ1) is 11.5. The second-order valence-corrected chi connectivity index (χ2v) is 4.16. The Balaban J connectivity index is 1.86. The molecule has 0 aliphatic carbocycles. The van der Waals surface area contributed by atoms with E-state index in [1.807, 2.05) is 10.5 Å². The predicted octanol–water partition coefficient (Wildman–Crippen LogP) is 2.63. The number of para-hydroxylation sites is 1. The van der Waals surface area contributed by atoms with Crippen molar-refractivity contribution in [2.45, 2.75) is 6.61 Å². The first-order valence-corrected chi connectivity index (χ1v) is 5.83. The van der Waals surface area contributed by atoms with Crippen molar-refractivity contribution in [1.29, 1.82) is 0 Å². The Bertz CT molecular complexity index is 724. The van der Waals surface area contributed by atoms with Gasteiger partial charge >= 0.3 is 0 Å². The van der Waals surface area contributed by atoms with E-state index in [2.05, 4.69) is 4.98 Å². The van der Waals surface area contributed by atoms with Crippen LogP contribution in [0, 0.1) is 5.82 Å². The summed E-state index contributed by atoms with van der Waals surface area (Å²) in [6, 6.07) is 9.91. The maximum Gasteiger partial charge on any atom is 0.165 e. The lowest BCUT2D eigenvalue weighted by Gasteiger charge is -2.07. The van der Waals surface area contributed by atoms with Gasteiger partial charge in [0.15, 0.2) is 11.6 Å². The van der Waals surface area contributed by atoms with Crippen LogP contribution in [-0.4, -0.2) is 9.38 Å². The third-order valence-electron chi connectivity index (χ3n) is 2.82. The zero-order valence-electron chi connectivity index (χ0n) is 10.1. The van der Waals surface area contributed by atoms with Gasteiger partial charge in [-0.3, -0.25) is 4.40 Å². The molecule has 5 heteroatoms. The minimum absolute atomic E-state index is 0.223. The van der Waals surface area contributed by atoms with Crippen molar-refractivity contribution in [1.82, 2.24) is 9.38 Å². The van der Waals surface area contributed by atoms with Gasteiger partial charge in [-0.05, 0) is 24.3 Å². The number of nitrogens with zero attached hydrogens (tertiary/aromatic N) is 2. The molecule has 3 aromatic rings. The fourth-order valence-corrected chi connectivity index (χ4v) is 1.87. The molecule has 96 valence electrons. The predicted molar refractivity (Wildman–Crippen MR) is 70.3 cm³/mol. The standard InChI is InChI=1S/C14H12FN3O/c15-12-3-1-2-4-13(12)19-9-11-7-17-14-6-5-10(16)8-18(11)14/h1-8H,9,16H2. The Morgan fingerprint density at radius 2 is 2.05 bits per heavy atom. The Labute approximate surface area is 109 Å². The van der Waals surface area contributed by atoms with Crippen molar-refractivity contribution in [2.24, 2.45) is 0 Å². The molecule has 0 atom stereocenters. The minimum Gasteiger partial charge on any atom is -0.484 e. The van der Waals surface area contributed by atoms with Crippen LogP contribution in [0.15, 0.2) is 48.8 Å². The van der Waals surface area contributed by atoms with Crippen LogP contribution < -0.4 is 10.5 Å². The van der Waals surface area contributed by atoms with Crippen LogP contribution in [-0.2, 0) is 6.61 Å². The van der Waals surface area contributed by atoms with Gasteiger partial charge in [0.25, 0.3) is 0 Å². The third kappa shape index (κ3) is 2.22. The van der Waals surface area contributed by atoms with E-state index in [9.17, 15) is 4.39 Å². The molecule has 0 fully saturated rings. The maximum absolute atomic E-state index is 13.4. The molecule has 1 aromatic carbocycles. The first-order valence-electron chi connectivity index (χ1n) is 5.83. The maximum atomic E-state index is 13.4. The summed E-state index contributed by atoms with van der Waals surface area (Å²) in [5, 5.41) is 0. The molecule has 2 aromatic heterocycles. The van der Waals surface area contributed by atoms with Gasteiger partial charge in [-0.25, -0.2) is 9.37 Å². The molecule has 0 aliphatic heterocycles. The van der Waals surface area contributed by atoms with Crippen LogP contribution in [0.3, 0.4) is 0 Å². The molecule has 0 aliphatic rings. The molecular weight excluding hydrogens is 245 g/mol. The number of fused-ring (bicyclic) bond motifs is 1. The summed E-state index contributed by atoms with van der Waals surface area (Å²) in [5.74, 6) is -0.155. The molecule has 0 saturated carbocycles. The molecule has 2 N–H and O–H groups in total. The summed E-state index contributed by atoms with van der Waals surface area (Å²) < 4.78 is 20.7. The largest absolute Gasteiger partial charge is 0.484 e. The number of benzene rings is 1. The van der Waals surface area contributed by atoms with Crippen LogP contribution in [0.1, 0.15) is 5.69 Å². The van der Waals surface area contributed by atoms with Gasteiger partial charge in [-0.2, -0.15) is 0 Å². The van der Waals surface area contributed by atoms with Crippen molar-refractivity contribution < 1.29 is 9.13 Å². The van der Waals surface area contributed by atoms with E-state index in [1.165, 1.54) is 6.07 Å². The van der Waals surface area contributed by atoms with Crippen LogP contribution in [0.2, 0.25) is 0 Å². The monoisotopic (exact) mass is 257 g/mol. The zero-order chi connectivity index (χ0) is 13.2. The number of rotatable bonds is 3. The lowest BCUT2D eigenvalue weighted by Crippen LogP contribution is -2.01. The lowest BCUT2D eigenvalue weighted by molar-refractivity contribution is 0.285. The SMILES string of the molecule is Nc1ccc2ncc(COc3ccccc3F)n2c1. The Morgan fingerprint density at radius 3 is 2.89 bits per heavy atom. The third-order valence-corrected chi connectivity index (χ3v) is 2.82. The van der Waals surface area contributed by atoms with E-state index in [1.54, 1.807) is 36.7 Å². The number of ether oxygens (including phenoxy) is 1. The fraction of sp³-hybridized carbons (Fsp3) is 0.0714. The summed E-state index contributed by atoms with van der Waals surface area (Å²) in [7, 11) is 0. The number of hydrogen-bond acceptors (Lipinski definition) is 3. The smallest absolute Gasteiger partial charge is 0.165 e. The van der Waals surface area contributed by atoms with Gasteiger partial charge in [0, 0.05) is 11.9 Å². The molecule has 0 bridgehead atoms. The molecule has 0 amide bonds. The highest BCUT2D eigenvalue weighted by Crippen LogP contribution is 2.18. The number of nitrogen functional groups attached to an aromatic ring is 1. The van der Waals surface area contributed by atoms with E-state index in [4.69, 9.17) is 10.5 Å². The first-order chi connectivity index (χ1) is 9.24. The molecule has 0 spiro atoms. The average molecular weight is 257 g/mol. The zero-order valence-corrected chi connectivity index (χ0v) is 10.1. The van der Waals surface area contributed by atoms with Gasteiger partial charge in [-0.1, -0.05) is 12.1 Å². The molecule has 3 rings (SSSR count). The fourth-order valence-electron chi connectivity index (χ4n) is 1.87. The van der Waals surface area contributed by atoms with Crippen molar-refractivity contribution in [2.75, 3.05) is 5.73 Å². The van der Waals surface area contributed by atoms with Crippen LogP contribution >= 0.6 is 0 Å². The molecule has 0 saturated heterocycles. The topological polar surface area (TPSA) is 52.5 Å². The summed E-state index contributed by atoms with van der Waals surface area (Å²) in [6.45, 7) is 0.228. The van der Waals surface area contributed by atoms with Crippen LogP contribution in [0.4, 0.5) is 10.1 Å². The van der Waals surface area contributed by atoms with Crippen LogP contribution in [0.25, 0.3) is 5.65 Å². The van der Waals surface area contributed by atoms with E-state index >= 15 is 0 Å². The Hall–Kier alpha value is -2.56. The van der Waals surface area contributed by atoms with Crippen LogP contribution in [0.5, 0.6) is 5.75 Å². The highest BCUT2D eigenvalue weighted by Gasteiger charge is 2.06. The molecule has 4 nitrogen and oxygen atoms in total. The van der Waals surface area contributed by atoms with Gasteiger partial charge in [-0.15, -0.1) is 0 Å².